The molecule has 2 aromatic rings. The summed E-state index contributed by atoms with van der Waals surface area (Å²) in [5.41, 5.74) is -0.690. The van der Waals surface area contributed by atoms with Crippen molar-refractivity contribution in [1.29, 1.82) is 5.26 Å². The number of unbranched alkanes of at least 4 members (excludes halogenated alkanes) is 1. The molecular weight excluding hydrogens is 318 g/mol. The summed E-state index contributed by atoms with van der Waals surface area (Å²) in [6.07, 6.45) is 1.95. The molecule has 126 valence electrons. The molecule has 3 rings (SSSR count). The fourth-order valence-corrected chi connectivity index (χ4v) is 3.07. The number of pyridine rings is 1. The number of Topliss-reactive ketones (excluding diaryl/α,β-unsaturated/α-hetero) is 1. The second-order valence-electron chi connectivity index (χ2n) is 5.91. The Kier molecular flexibility index (Phi) is 4.59. The largest absolute Gasteiger partial charge is 0.375 e. The van der Waals surface area contributed by atoms with Crippen molar-refractivity contribution < 1.29 is 14.7 Å². The van der Waals surface area contributed by atoms with Crippen LogP contribution in [-0.4, -0.2) is 28.3 Å². The number of aliphatic hydroxyl groups is 1. The number of aromatic nitrogens is 1. The van der Waals surface area contributed by atoms with Gasteiger partial charge in [-0.25, -0.2) is 0 Å². The van der Waals surface area contributed by atoms with Crippen molar-refractivity contribution in [1.82, 2.24) is 4.98 Å². The van der Waals surface area contributed by atoms with Crippen LogP contribution in [0, 0.1) is 11.3 Å². The Balaban J connectivity index is 1.91. The quantitative estimate of drug-likeness (QED) is 0.645. The van der Waals surface area contributed by atoms with Crippen LogP contribution in [0.15, 0.2) is 48.7 Å². The third kappa shape index (κ3) is 3.02. The fraction of sp³-hybridized carbons (Fsp3) is 0.263. The molecule has 2 heterocycles. The van der Waals surface area contributed by atoms with Gasteiger partial charge in [0, 0.05) is 24.7 Å². The zero-order valence-corrected chi connectivity index (χ0v) is 13.6. The number of nitrogens with zero attached hydrogens (tertiary/aromatic N) is 3. The number of ketones is 1. The van der Waals surface area contributed by atoms with Crippen molar-refractivity contribution in [2.75, 3.05) is 11.4 Å². The van der Waals surface area contributed by atoms with E-state index >= 15 is 0 Å². The molecule has 6 nitrogen and oxygen atoms in total. The standard InChI is InChI=1S/C19H17N3O3/c20-10-4-6-12-22-16-9-2-1-7-14(16)19(25,18(22)24)13-17(23)15-8-3-5-11-21-15/h1-3,5,7-9,11,25H,4,6,12-13H2/t19-/m1/s1. The molecule has 1 N–H and O–H groups in total. The van der Waals surface area contributed by atoms with Crippen molar-refractivity contribution in [2.45, 2.75) is 24.9 Å². The zero-order valence-electron chi connectivity index (χ0n) is 13.6. The molecule has 1 aliphatic heterocycles. The predicted molar refractivity (Wildman–Crippen MR) is 90.7 cm³/mol. The predicted octanol–water partition coefficient (Wildman–Crippen LogP) is 2.19. The molecule has 1 amide bonds. The molecule has 0 fully saturated rings. The summed E-state index contributed by atoms with van der Waals surface area (Å²) in [6.45, 7) is 0.323. The maximum absolute atomic E-state index is 12.9. The first-order valence-corrected chi connectivity index (χ1v) is 8.03. The lowest BCUT2D eigenvalue weighted by Gasteiger charge is -2.22. The molecule has 25 heavy (non-hydrogen) atoms. The van der Waals surface area contributed by atoms with Crippen LogP contribution in [0.2, 0.25) is 0 Å². The highest BCUT2D eigenvalue weighted by Gasteiger charge is 2.50. The number of hydrogen-bond acceptors (Lipinski definition) is 5. The van der Waals surface area contributed by atoms with E-state index in [2.05, 4.69) is 4.98 Å². The van der Waals surface area contributed by atoms with Gasteiger partial charge in [0.1, 0.15) is 5.69 Å². The first-order valence-electron chi connectivity index (χ1n) is 8.03. The van der Waals surface area contributed by atoms with E-state index in [4.69, 9.17) is 5.26 Å². The Hall–Kier alpha value is -3.04. The van der Waals surface area contributed by atoms with Gasteiger partial charge >= 0.3 is 0 Å². The van der Waals surface area contributed by atoms with Crippen LogP contribution in [-0.2, 0) is 10.4 Å². The Labute approximate surface area is 145 Å². The molecule has 0 spiro atoms. The van der Waals surface area contributed by atoms with E-state index in [1.165, 1.54) is 11.1 Å². The minimum absolute atomic E-state index is 0.212. The second-order valence-corrected chi connectivity index (χ2v) is 5.91. The summed E-state index contributed by atoms with van der Waals surface area (Å²) >= 11 is 0. The monoisotopic (exact) mass is 335 g/mol. The van der Waals surface area contributed by atoms with Gasteiger partial charge in [0.2, 0.25) is 0 Å². The van der Waals surface area contributed by atoms with Crippen LogP contribution in [0.25, 0.3) is 0 Å². The van der Waals surface area contributed by atoms with Crippen LogP contribution in [0.1, 0.15) is 35.3 Å². The lowest BCUT2D eigenvalue weighted by molar-refractivity contribution is -0.135. The molecule has 0 bridgehead atoms. The number of carbonyl (C=O) groups excluding carboxylic acids is 2. The fourth-order valence-electron chi connectivity index (χ4n) is 3.07. The van der Waals surface area contributed by atoms with Crippen molar-refractivity contribution in [3.8, 4) is 6.07 Å². The second kappa shape index (κ2) is 6.83. The van der Waals surface area contributed by atoms with Gasteiger partial charge in [-0.3, -0.25) is 14.6 Å². The van der Waals surface area contributed by atoms with Crippen molar-refractivity contribution >= 4 is 17.4 Å². The van der Waals surface area contributed by atoms with Crippen LogP contribution >= 0.6 is 0 Å². The van der Waals surface area contributed by atoms with E-state index in [1.54, 1.807) is 42.5 Å². The van der Waals surface area contributed by atoms with Crippen LogP contribution < -0.4 is 4.90 Å². The van der Waals surface area contributed by atoms with E-state index in [0.29, 0.717) is 30.6 Å². The summed E-state index contributed by atoms with van der Waals surface area (Å²) in [4.78, 5) is 30.8. The highest BCUT2D eigenvalue weighted by atomic mass is 16.3. The first-order chi connectivity index (χ1) is 12.1. The number of fused-ring (bicyclic) bond motifs is 1. The lowest BCUT2D eigenvalue weighted by Crippen LogP contribution is -2.42. The Bertz CT molecular complexity index is 844. The molecule has 1 aliphatic rings. The molecule has 1 atom stereocenters. The molecule has 6 heteroatoms. The van der Waals surface area contributed by atoms with Crippen LogP contribution in [0.3, 0.4) is 0 Å². The Morgan fingerprint density at radius 2 is 2.00 bits per heavy atom. The highest BCUT2D eigenvalue weighted by molar-refractivity contribution is 6.10. The number of carbonyl (C=O) groups is 2. The third-order valence-corrected chi connectivity index (χ3v) is 4.28. The van der Waals surface area contributed by atoms with Gasteiger partial charge < -0.3 is 10.0 Å². The van der Waals surface area contributed by atoms with Crippen molar-refractivity contribution in [2.24, 2.45) is 0 Å². The van der Waals surface area contributed by atoms with E-state index in [-0.39, 0.29) is 12.1 Å². The zero-order chi connectivity index (χ0) is 17.9. The number of hydrogen-bond donors (Lipinski definition) is 1. The summed E-state index contributed by atoms with van der Waals surface area (Å²) in [6, 6.07) is 13.9. The number of benzene rings is 1. The van der Waals surface area contributed by atoms with Gasteiger partial charge in [-0.1, -0.05) is 24.3 Å². The van der Waals surface area contributed by atoms with Crippen LogP contribution in [0.5, 0.6) is 0 Å². The summed E-state index contributed by atoms with van der Waals surface area (Å²) in [5.74, 6) is -0.930. The topological polar surface area (TPSA) is 94.3 Å². The molecule has 0 radical (unpaired) electrons. The van der Waals surface area contributed by atoms with Gasteiger partial charge in [0.15, 0.2) is 11.4 Å². The number of amides is 1. The summed E-state index contributed by atoms with van der Waals surface area (Å²) < 4.78 is 0. The van der Waals surface area contributed by atoms with Gasteiger partial charge in [0.05, 0.1) is 18.2 Å². The number of anilines is 1. The summed E-state index contributed by atoms with van der Waals surface area (Å²) in [7, 11) is 0. The lowest BCUT2D eigenvalue weighted by atomic mass is 9.89. The minimum atomic E-state index is -1.90. The van der Waals surface area contributed by atoms with Gasteiger partial charge in [-0.05, 0) is 24.6 Å². The van der Waals surface area contributed by atoms with Gasteiger partial charge in [0.25, 0.3) is 5.91 Å². The minimum Gasteiger partial charge on any atom is -0.375 e. The number of rotatable bonds is 6. The highest BCUT2D eigenvalue weighted by Crippen LogP contribution is 2.42. The van der Waals surface area contributed by atoms with Gasteiger partial charge in [-0.2, -0.15) is 5.26 Å². The average molecular weight is 335 g/mol. The Morgan fingerprint density at radius 3 is 2.72 bits per heavy atom. The van der Waals surface area contributed by atoms with E-state index < -0.39 is 17.3 Å². The SMILES string of the molecule is N#CCCCN1C(=O)[C@@](O)(CC(=O)c2ccccn2)c2ccccc21. The molecule has 1 aromatic heterocycles. The molecule has 0 aliphatic carbocycles. The molecule has 0 unspecified atom stereocenters. The first kappa shape index (κ1) is 16.8. The average Bonchev–Trinajstić information content (AvgIpc) is 2.85. The Morgan fingerprint density at radius 1 is 1.24 bits per heavy atom. The maximum atomic E-state index is 12.9. The molecular formula is C19H17N3O3. The summed E-state index contributed by atoms with van der Waals surface area (Å²) in [5, 5.41) is 19.8. The van der Waals surface area contributed by atoms with E-state index in [0.717, 1.165) is 0 Å². The van der Waals surface area contributed by atoms with Crippen molar-refractivity contribution in [3.05, 3.63) is 59.9 Å². The maximum Gasteiger partial charge on any atom is 0.264 e. The molecule has 0 saturated heterocycles. The normalized spacial score (nSPS) is 18.7. The van der Waals surface area contributed by atoms with Crippen molar-refractivity contribution in [3.63, 3.8) is 0 Å². The van der Waals surface area contributed by atoms with Crippen LogP contribution in [0.4, 0.5) is 5.69 Å². The number of para-hydroxylation sites is 1. The molecule has 0 saturated carbocycles. The third-order valence-electron chi connectivity index (χ3n) is 4.28. The van der Waals surface area contributed by atoms with E-state index in [9.17, 15) is 14.7 Å². The smallest absolute Gasteiger partial charge is 0.264 e. The van der Waals surface area contributed by atoms with E-state index in [1.807, 2.05) is 6.07 Å². The van der Waals surface area contributed by atoms with Gasteiger partial charge in [-0.15, -0.1) is 0 Å². The molecule has 1 aromatic carbocycles. The number of nitriles is 1.